The zero-order valence-electron chi connectivity index (χ0n) is 16.6. The third-order valence-electron chi connectivity index (χ3n) is 4.72. The van der Waals surface area contributed by atoms with Crippen molar-refractivity contribution in [2.75, 3.05) is 24.4 Å². The van der Waals surface area contributed by atoms with Gasteiger partial charge in [0.25, 0.3) is 10.0 Å². The SMILES string of the molecule is CCOc1ccc(NS(=O)(=O)c2ccc(F)c(F)c2F)cc1S(=O)(=O)N1CCCCC1. The van der Waals surface area contributed by atoms with Gasteiger partial charge in [0.2, 0.25) is 10.0 Å². The maximum absolute atomic E-state index is 14.0. The number of anilines is 1. The second-order valence-electron chi connectivity index (χ2n) is 6.84. The van der Waals surface area contributed by atoms with Gasteiger partial charge in [-0.15, -0.1) is 0 Å². The molecule has 0 amide bonds. The molecule has 0 bridgehead atoms. The van der Waals surface area contributed by atoms with Gasteiger partial charge in [0.05, 0.1) is 12.3 Å². The monoisotopic (exact) mass is 478 g/mol. The lowest BCUT2D eigenvalue weighted by Crippen LogP contribution is -2.35. The van der Waals surface area contributed by atoms with Crippen LogP contribution in [0.4, 0.5) is 18.9 Å². The second-order valence-corrected chi connectivity index (χ2v) is 10.4. The van der Waals surface area contributed by atoms with Crippen molar-refractivity contribution in [3.63, 3.8) is 0 Å². The molecule has 0 aliphatic carbocycles. The number of halogens is 3. The maximum Gasteiger partial charge on any atom is 0.264 e. The number of rotatable bonds is 7. The minimum atomic E-state index is -4.68. The van der Waals surface area contributed by atoms with Gasteiger partial charge in [-0.1, -0.05) is 6.42 Å². The van der Waals surface area contributed by atoms with E-state index in [0.717, 1.165) is 12.5 Å². The highest BCUT2D eigenvalue weighted by molar-refractivity contribution is 7.92. The first-order chi connectivity index (χ1) is 14.6. The molecule has 0 saturated carbocycles. The van der Waals surface area contributed by atoms with Crippen LogP contribution in [0.15, 0.2) is 40.1 Å². The molecule has 1 fully saturated rings. The van der Waals surface area contributed by atoms with Crippen molar-refractivity contribution in [2.45, 2.75) is 36.0 Å². The normalized spacial score (nSPS) is 15.6. The summed E-state index contributed by atoms with van der Waals surface area (Å²) in [6.45, 7) is 2.49. The molecular formula is C19H21F3N2O5S2. The van der Waals surface area contributed by atoms with Crippen molar-refractivity contribution >= 4 is 25.7 Å². The van der Waals surface area contributed by atoms with Crippen LogP contribution >= 0.6 is 0 Å². The Hall–Kier alpha value is -2.31. The fourth-order valence-corrected chi connectivity index (χ4v) is 6.01. The van der Waals surface area contributed by atoms with E-state index >= 15 is 0 Å². The minimum Gasteiger partial charge on any atom is -0.492 e. The van der Waals surface area contributed by atoms with Crippen molar-refractivity contribution in [3.05, 3.63) is 47.8 Å². The summed E-state index contributed by atoms with van der Waals surface area (Å²) in [6, 6.07) is 4.63. The molecule has 0 radical (unpaired) electrons. The first-order valence-corrected chi connectivity index (χ1v) is 12.4. The second kappa shape index (κ2) is 9.05. The van der Waals surface area contributed by atoms with Gasteiger partial charge >= 0.3 is 0 Å². The summed E-state index contributed by atoms with van der Waals surface area (Å²) in [5, 5.41) is 0. The number of hydrogen-bond donors (Lipinski definition) is 1. The lowest BCUT2D eigenvalue weighted by molar-refractivity contribution is 0.323. The average molecular weight is 479 g/mol. The Bertz CT molecular complexity index is 1180. The molecule has 2 aromatic carbocycles. The van der Waals surface area contributed by atoms with E-state index in [1.807, 2.05) is 4.72 Å². The fourth-order valence-electron chi connectivity index (χ4n) is 3.22. The minimum absolute atomic E-state index is 0.0371. The summed E-state index contributed by atoms with van der Waals surface area (Å²) in [4.78, 5) is -1.36. The standard InChI is InChI=1S/C19H21F3N2O5S2/c1-2-29-15-8-6-13(12-17(15)31(27,28)24-10-4-3-5-11-24)23-30(25,26)16-9-7-14(20)18(21)19(16)22/h6-9,12,23H,2-5,10-11H2,1H3. The molecule has 0 unspecified atom stereocenters. The summed E-state index contributed by atoms with van der Waals surface area (Å²) in [7, 11) is -8.66. The van der Waals surface area contributed by atoms with Gasteiger partial charge in [-0.2, -0.15) is 4.31 Å². The molecule has 1 N–H and O–H groups in total. The summed E-state index contributed by atoms with van der Waals surface area (Å²) in [5.41, 5.74) is -0.205. The zero-order valence-corrected chi connectivity index (χ0v) is 18.2. The molecule has 0 atom stereocenters. The van der Waals surface area contributed by atoms with E-state index in [1.54, 1.807) is 6.92 Å². The van der Waals surface area contributed by atoms with Crippen LogP contribution < -0.4 is 9.46 Å². The van der Waals surface area contributed by atoms with E-state index in [4.69, 9.17) is 4.74 Å². The van der Waals surface area contributed by atoms with E-state index in [1.165, 1.54) is 16.4 Å². The molecule has 1 aliphatic rings. The summed E-state index contributed by atoms with van der Waals surface area (Å²) in [5.74, 6) is -5.30. The van der Waals surface area contributed by atoms with Crippen molar-refractivity contribution in [1.82, 2.24) is 4.31 Å². The van der Waals surface area contributed by atoms with Crippen LogP contribution in [-0.4, -0.2) is 40.8 Å². The van der Waals surface area contributed by atoms with Crippen molar-refractivity contribution < 1.29 is 34.7 Å². The van der Waals surface area contributed by atoms with Crippen LogP contribution in [0.5, 0.6) is 5.75 Å². The van der Waals surface area contributed by atoms with Crippen LogP contribution in [0.3, 0.4) is 0 Å². The van der Waals surface area contributed by atoms with Crippen molar-refractivity contribution in [3.8, 4) is 5.75 Å². The Labute approximate surface area is 178 Å². The van der Waals surface area contributed by atoms with Crippen LogP contribution in [0.25, 0.3) is 0 Å². The molecule has 0 spiro atoms. The Morgan fingerprint density at radius 3 is 2.26 bits per heavy atom. The van der Waals surface area contributed by atoms with Crippen LogP contribution in [0.1, 0.15) is 26.2 Å². The van der Waals surface area contributed by atoms with Gasteiger partial charge in [0, 0.05) is 13.1 Å². The Morgan fingerprint density at radius 1 is 0.935 bits per heavy atom. The molecule has 1 aliphatic heterocycles. The Balaban J connectivity index is 2.01. The summed E-state index contributed by atoms with van der Waals surface area (Å²) in [6.07, 6.45) is 2.31. The average Bonchev–Trinajstić information content (AvgIpc) is 2.73. The number of nitrogens with one attached hydrogen (secondary N) is 1. The number of hydrogen-bond acceptors (Lipinski definition) is 5. The third kappa shape index (κ3) is 4.80. The van der Waals surface area contributed by atoms with Gasteiger partial charge in [0.15, 0.2) is 17.5 Å². The molecule has 0 aromatic heterocycles. The van der Waals surface area contributed by atoms with Crippen molar-refractivity contribution in [1.29, 1.82) is 0 Å². The predicted molar refractivity (Wildman–Crippen MR) is 107 cm³/mol. The fraction of sp³-hybridized carbons (Fsp3) is 0.368. The van der Waals surface area contributed by atoms with Crippen LogP contribution in [0, 0.1) is 17.5 Å². The molecule has 7 nitrogen and oxygen atoms in total. The first-order valence-electron chi connectivity index (χ1n) is 9.51. The smallest absolute Gasteiger partial charge is 0.264 e. The van der Waals surface area contributed by atoms with E-state index in [2.05, 4.69) is 0 Å². The highest BCUT2D eigenvalue weighted by Gasteiger charge is 2.30. The van der Waals surface area contributed by atoms with Gasteiger partial charge in [-0.25, -0.2) is 30.0 Å². The molecule has 3 rings (SSSR count). The van der Waals surface area contributed by atoms with Crippen LogP contribution in [0.2, 0.25) is 0 Å². The lowest BCUT2D eigenvalue weighted by atomic mass is 10.2. The number of piperidine rings is 1. The molecule has 1 heterocycles. The number of sulfonamides is 2. The topological polar surface area (TPSA) is 92.8 Å². The highest BCUT2D eigenvalue weighted by atomic mass is 32.2. The molecule has 170 valence electrons. The molecule has 1 saturated heterocycles. The number of ether oxygens (including phenoxy) is 1. The van der Waals surface area contributed by atoms with Crippen molar-refractivity contribution in [2.24, 2.45) is 0 Å². The Kier molecular flexibility index (Phi) is 6.82. The first kappa shape index (κ1) is 23.4. The largest absolute Gasteiger partial charge is 0.492 e. The van der Waals surface area contributed by atoms with Gasteiger partial charge in [-0.05, 0) is 50.1 Å². The number of nitrogens with zero attached hydrogens (tertiary/aromatic N) is 1. The van der Waals surface area contributed by atoms with E-state index in [9.17, 15) is 30.0 Å². The molecule has 31 heavy (non-hydrogen) atoms. The highest BCUT2D eigenvalue weighted by Crippen LogP contribution is 2.32. The quantitative estimate of drug-likeness (QED) is 0.615. The van der Waals surface area contributed by atoms with Gasteiger partial charge in [-0.3, -0.25) is 4.72 Å². The van der Waals surface area contributed by atoms with Gasteiger partial charge < -0.3 is 4.74 Å². The molecule has 12 heteroatoms. The predicted octanol–water partition coefficient (Wildman–Crippen LogP) is 3.48. The Morgan fingerprint density at radius 2 is 1.61 bits per heavy atom. The summed E-state index contributed by atoms with van der Waals surface area (Å²) < 4.78 is 101. The van der Waals surface area contributed by atoms with Gasteiger partial charge in [0.1, 0.15) is 15.5 Å². The van der Waals surface area contributed by atoms with Crippen LogP contribution in [-0.2, 0) is 20.0 Å². The summed E-state index contributed by atoms with van der Waals surface area (Å²) >= 11 is 0. The number of benzene rings is 2. The maximum atomic E-state index is 14.0. The van der Waals surface area contributed by atoms with E-state index in [0.29, 0.717) is 38.1 Å². The van der Waals surface area contributed by atoms with E-state index in [-0.39, 0.29) is 22.9 Å². The lowest BCUT2D eigenvalue weighted by Gasteiger charge is -2.27. The molecular weight excluding hydrogens is 457 g/mol. The zero-order chi connectivity index (χ0) is 22.8. The third-order valence-corrected chi connectivity index (χ3v) is 8.04. The molecule has 2 aromatic rings. The van der Waals surface area contributed by atoms with E-state index < -0.39 is 42.4 Å².